The van der Waals surface area contributed by atoms with Crippen molar-refractivity contribution >= 4 is 17.7 Å². The molecule has 18 heavy (non-hydrogen) atoms. The Morgan fingerprint density at radius 1 is 1.22 bits per heavy atom. The van der Waals surface area contributed by atoms with Crippen molar-refractivity contribution in [3.63, 3.8) is 0 Å². The molecule has 0 atom stereocenters. The summed E-state index contributed by atoms with van der Waals surface area (Å²) in [5, 5.41) is 8.83. The second-order valence-corrected chi connectivity index (χ2v) is 4.77. The van der Waals surface area contributed by atoms with Gasteiger partial charge in [0.25, 0.3) is 0 Å². The lowest BCUT2D eigenvalue weighted by atomic mass is 10.3. The Hall–Kier alpha value is -1.88. The number of nitrogens with zero attached hydrogens (tertiary/aromatic N) is 2. The van der Waals surface area contributed by atoms with Gasteiger partial charge in [-0.15, -0.1) is 11.8 Å². The van der Waals surface area contributed by atoms with E-state index in [4.69, 9.17) is 5.11 Å². The van der Waals surface area contributed by atoms with Crippen LogP contribution in [0.1, 0.15) is 16.2 Å². The van der Waals surface area contributed by atoms with Crippen LogP contribution in [0.2, 0.25) is 0 Å². The summed E-state index contributed by atoms with van der Waals surface area (Å²) in [6, 6.07) is 9.23. The minimum atomic E-state index is -0.998. The Labute approximate surface area is 109 Å². The number of aromatic nitrogens is 2. The van der Waals surface area contributed by atoms with Crippen molar-refractivity contribution in [2.24, 2.45) is 0 Å². The van der Waals surface area contributed by atoms with E-state index in [2.05, 4.69) is 9.97 Å². The van der Waals surface area contributed by atoms with Gasteiger partial charge in [0, 0.05) is 28.7 Å². The number of carboxylic acids is 1. The Morgan fingerprint density at radius 3 is 2.83 bits per heavy atom. The molecule has 0 amide bonds. The van der Waals surface area contributed by atoms with Gasteiger partial charge in [-0.3, -0.25) is 4.98 Å². The van der Waals surface area contributed by atoms with Crippen LogP contribution >= 0.6 is 11.8 Å². The van der Waals surface area contributed by atoms with Crippen LogP contribution in [0.5, 0.6) is 0 Å². The van der Waals surface area contributed by atoms with Gasteiger partial charge in [-0.2, -0.15) is 0 Å². The third-order valence-corrected chi connectivity index (χ3v) is 3.30. The number of thioether (sulfide) groups is 1. The molecule has 0 saturated carbocycles. The molecule has 2 rings (SSSR count). The molecule has 92 valence electrons. The second kappa shape index (κ2) is 6.16. The second-order valence-electron chi connectivity index (χ2n) is 3.60. The average molecular weight is 260 g/mol. The Kier molecular flexibility index (Phi) is 4.30. The third-order valence-electron chi connectivity index (χ3n) is 2.30. The molecule has 0 radical (unpaired) electrons. The maximum absolute atomic E-state index is 10.8. The topological polar surface area (TPSA) is 63.1 Å². The van der Waals surface area contributed by atoms with Crippen molar-refractivity contribution < 1.29 is 9.90 Å². The monoisotopic (exact) mass is 260 g/mol. The molecule has 0 aliphatic rings. The van der Waals surface area contributed by atoms with Gasteiger partial charge in [-0.1, -0.05) is 6.07 Å². The Balaban J connectivity index is 1.90. The number of hydrogen-bond donors (Lipinski definition) is 1. The van der Waals surface area contributed by atoms with Gasteiger partial charge in [0.15, 0.2) is 0 Å². The molecule has 5 heteroatoms. The van der Waals surface area contributed by atoms with Gasteiger partial charge >= 0.3 is 5.97 Å². The molecule has 0 aromatic carbocycles. The van der Waals surface area contributed by atoms with Crippen LogP contribution in [0.25, 0.3) is 0 Å². The third kappa shape index (κ3) is 3.56. The molecule has 0 saturated heterocycles. The molecular weight excluding hydrogens is 248 g/mol. The summed E-state index contributed by atoms with van der Waals surface area (Å²) in [5.41, 5.74) is 1.12. The van der Waals surface area contributed by atoms with Gasteiger partial charge in [0.2, 0.25) is 0 Å². The molecule has 1 N–H and O–H groups in total. The summed E-state index contributed by atoms with van der Waals surface area (Å²) >= 11 is 1.60. The highest BCUT2D eigenvalue weighted by atomic mass is 32.2. The standard InChI is InChI=1S/C13H12N2O2S/c16-13(17)12-9-11(4-7-15-12)18-8-5-10-3-1-2-6-14-10/h1-4,6-7,9H,5,8H2,(H,16,17). The Bertz CT molecular complexity index is 532. The van der Waals surface area contributed by atoms with Crippen LogP contribution in [0.3, 0.4) is 0 Å². The summed E-state index contributed by atoms with van der Waals surface area (Å²) < 4.78 is 0. The average Bonchev–Trinajstić information content (AvgIpc) is 2.40. The first-order valence-electron chi connectivity index (χ1n) is 5.48. The summed E-state index contributed by atoms with van der Waals surface area (Å²) in [4.78, 5) is 19.7. The number of pyridine rings is 2. The number of aryl methyl sites for hydroxylation is 1. The van der Waals surface area contributed by atoms with Gasteiger partial charge in [-0.25, -0.2) is 9.78 Å². The highest BCUT2D eigenvalue weighted by Crippen LogP contribution is 2.19. The summed E-state index contributed by atoms with van der Waals surface area (Å²) in [6.45, 7) is 0. The molecule has 2 aromatic rings. The predicted molar refractivity (Wildman–Crippen MR) is 69.9 cm³/mol. The molecule has 4 nitrogen and oxygen atoms in total. The van der Waals surface area contributed by atoms with Crippen LogP contribution in [-0.2, 0) is 6.42 Å². The molecule has 2 aromatic heterocycles. The van der Waals surface area contributed by atoms with E-state index in [1.807, 2.05) is 24.3 Å². The largest absolute Gasteiger partial charge is 0.477 e. The smallest absolute Gasteiger partial charge is 0.354 e. The molecule has 0 fully saturated rings. The summed E-state index contributed by atoms with van der Waals surface area (Å²) in [6.07, 6.45) is 4.15. The highest BCUT2D eigenvalue weighted by molar-refractivity contribution is 7.99. The van der Waals surface area contributed by atoms with Crippen molar-refractivity contribution in [2.75, 3.05) is 5.75 Å². The lowest BCUT2D eigenvalue weighted by molar-refractivity contribution is 0.0690. The van der Waals surface area contributed by atoms with Crippen LogP contribution in [0.4, 0.5) is 0 Å². The first-order valence-corrected chi connectivity index (χ1v) is 6.46. The molecular formula is C13H12N2O2S. The van der Waals surface area contributed by atoms with E-state index in [1.54, 1.807) is 24.0 Å². The van der Waals surface area contributed by atoms with Crippen molar-refractivity contribution in [3.05, 3.63) is 54.1 Å². The molecule has 0 aliphatic carbocycles. The first-order chi connectivity index (χ1) is 8.75. The maximum atomic E-state index is 10.8. The highest BCUT2D eigenvalue weighted by Gasteiger charge is 2.05. The van der Waals surface area contributed by atoms with Crippen molar-refractivity contribution in [2.45, 2.75) is 11.3 Å². The zero-order valence-electron chi connectivity index (χ0n) is 9.61. The van der Waals surface area contributed by atoms with Gasteiger partial charge in [0.05, 0.1) is 0 Å². The van der Waals surface area contributed by atoms with Crippen LogP contribution in [0.15, 0.2) is 47.6 Å². The lowest BCUT2D eigenvalue weighted by Crippen LogP contribution is -1.99. The fraction of sp³-hybridized carbons (Fsp3) is 0.154. The molecule has 0 unspecified atom stereocenters. The number of carboxylic acid groups (broad SMARTS) is 1. The fourth-order valence-electron chi connectivity index (χ4n) is 1.44. The lowest BCUT2D eigenvalue weighted by Gasteiger charge is -2.02. The van der Waals surface area contributed by atoms with Crippen molar-refractivity contribution in [3.8, 4) is 0 Å². The van der Waals surface area contributed by atoms with E-state index in [0.29, 0.717) is 0 Å². The van der Waals surface area contributed by atoms with E-state index in [-0.39, 0.29) is 5.69 Å². The number of aromatic carboxylic acids is 1. The fourth-order valence-corrected chi connectivity index (χ4v) is 2.34. The summed E-state index contributed by atoms with van der Waals surface area (Å²) in [7, 11) is 0. The van der Waals surface area contributed by atoms with Crippen LogP contribution in [0, 0.1) is 0 Å². The zero-order chi connectivity index (χ0) is 12.8. The van der Waals surface area contributed by atoms with Gasteiger partial charge in [-0.05, 0) is 30.7 Å². The van der Waals surface area contributed by atoms with E-state index < -0.39 is 5.97 Å². The van der Waals surface area contributed by atoms with E-state index in [1.165, 1.54) is 6.20 Å². The van der Waals surface area contributed by atoms with Crippen LogP contribution in [-0.4, -0.2) is 26.8 Å². The van der Waals surface area contributed by atoms with Gasteiger partial charge < -0.3 is 5.11 Å². The summed E-state index contributed by atoms with van der Waals surface area (Å²) in [5.74, 6) is -0.137. The zero-order valence-corrected chi connectivity index (χ0v) is 10.4. The number of hydrogen-bond acceptors (Lipinski definition) is 4. The Morgan fingerprint density at radius 2 is 2.11 bits per heavy atom. The van der Waals surface area contributed by atoms with E-state index in [0.717, 1.165) is 22.8 Å². The maximum Gasteiger partial charge on any atom is 0.354 e. The van der Waals surface area contributed by atoms with Gasteiger partial charge in [0.1, 0.15) is 5.69 Å². The number of rotatable bonds is 5. The minimum absolute atomic E-state index is 0.0813. The number of carbonyl (C=O) groups is 1. The van der Waals surface area contributed by atoms with Crippen molar-refractivity contribution in [1.29, 1.82) is 0 Å². The van der Waals surface area contributed by atoms with Crippen molar-refractivity contribution in [1.82, 2.24) is 9.97 Å². The molecule has 0 bridgehead atoms. The SMILES string of the molecule is O=C(O)c1cc(SCCc2ccccn2)ccn1. The van der Waals surface area contributed by atoms with E-state index >= 15 is 0 Å². The predicted octanol–water partition coefficient (Wildman–Crippen LogP) is 2.51. The molecule has 2 heterocycles. The minimum Gasteiger partial charge on any atom is -0.477 e. The molecule has 0 spiro atoms. The first kappa shape index (κ1) is 12.6. The normalized spacial score (nSPS) is 10.2. The van der Waals surface area contributed by atoms with Crippen LogP contribution < -0.4 is 0 Å². The quantitative estimate of drug-likeness (QED) is 0.837. The molecule has 0 aliphatic heterocycles. The van der Waals surface area contributed by atoms with E-state index in [9.17, 15) is 4.79 Å².